The largest absolute Gasteiger partial charge is 0.508 e. The lowest BCUT2D eigenvalue weighted by atomic mass is 10.1. The van der Waals surface area contributed by atoms with Crippen LogP contribution in [0.3, 0.4) is 0 Å². The zero-order valence-corrected chi connectivity index (χ0v) is 11.7. The van der Waals surface area contributed by atoms with Crippen molar-refractivity contribution in [3.05, 3.63) is 29.8 Å². The van der Waals surface area contributed by atoms with Gasteiger partial charge in [0.15, 0.2) is 5.84 Å². The highest BCUT2D eigenvalue weighted by molar-refractivity contribution is 5.84. The van der Waals surface area contributed by atoms with Crippen LogP contribution in [0.25, 0.3) is 0 Å². The summed E-state index contributed by atoms with van der Waals surface area (Å²) < 4.78 is 0. The summed E-state index contributed by atoms with van der Waals surface area (Å²) in [5, 5.41) is 21.1. The Labute approximate surface area is 119 Å². The van der Waals surface area contributed by atoms with E-state index >= 15 is 0 Å². The van der Waals surface area contributed by atoms with Crippen LogP contribution in [0.15, 0.2) is 29.4 Å². The number of phenols is 1. The van der Waals surface area contributed by atoms with Crippen LogP contribution < -0.4 is 5.73 Å². The molecule has 110 valence electrons. The Hall–Kier alpha value is -1.79. The number of aromatic hydroxyl groups is 1. The number of amidine groups is 1. The Bertz CT molecular complexity index is 453. The minimum absolute atomic E-state index is 0.0316. The molecule has 1 heterocycles. The number of oxime groups is 1. The fraction of sp³-hybridized carbons (Fsp3) is 0.500. The van der Waals surface area contributed by atoms with Crippen LogP contribution in [0.1, 0.15) is 12.5 Å². The van der Waals surface area contributed by atoms with Gasteiger partial charge in [0.2, 0.25) is 0 Å². The predicted molar refractivity (Wildman–Crippen MR) is 77.8 cm³/mol. The van der Waals surface area contributed by atoms with Crippen molar-refractivity contribution < 1.29 is 10.3 Å². The van der Waals surface area contributed by atoms with Crippen molar-refractivity contribution >= 4 is 5.84 Å². The molecule has 1 aromatic rings. The SMILES string of the molecule is CC(/C(N)=N/O)N1CCN(Cc2ccc(O)cc2)CC1. The summed E-state index contributed by atoms with van der Waals surface area (Å²) in [6.45, 7) is 6.52. The summed E-state index contributed by atoms with van der Waals surface area (Å²) >= 11 is 0. The van der Waals surface area contributed by atoms with Gasteiger partial charge in [-0.3, -0.25) is 9.80 Å². The summed E-state index contributed by atoms with van der Waals surface area (Å²) in [4.78, 5) is 4.57. The monoisotopic (exact) mass is 278 g/mol. The number of phenolic OH excluding ortho intramolecular Hbond substituents is 1. The smallest absolute Gasteiger partial charge is 0.156 e. The zero-order chi connectivity index (χ0) is 14.5. The topological polar surface area (TPSA) is 85.3 Å². The van der Waals surface area contributed by atoms with E-state index < -0.39 is 0 Å². The molecule has 0 aromatic heterocycles. The quantitative estimate of drug-likeness (QED) is 0.326. The Balaban J connectivity index is 1.84. The molecule has 0 amide bonds. The van der Waals surface area contributed by atoms with Crippen molar-refractivity contribution in [3.8, 4) is 5.75 Å². The molecule has 6 heteroatoms. The fourth-order valence-corrected chi connectivity index (χ4v) is 2.44. The molecule has 1 fully saturated rings. The Morgan fingerprint density at radius 3 is 2.40 bits per heavy atom. The summed E-state index contributed by atoms with van der Waals surface area (Å²) in [6, 6.07) is 7.29. The Morgan fingerprint density at radius 2 is 1.85 bits per heavy atom. The maximum Gasteiger partial charge on any atom is 0.156 e. The maximum atomic E-state index is 9.27. The first-order chi connectivity index (χ1) is 9.60. The molecular weight excluding hydrogens is 256 g/mol. The van der Waals surface area contributed by atoms with E-state index in [9.17, 15) is 5.11 Å². The van der Waals surface area contributed by atoms with Crippen LogP contribution in [0.5, 0.6) is 5.75 Å². The van der Waals surface area contributed by atoms with E-state index in [1.165, 1.54) is 5.56 Å². The predicted octanol–water partition coefficient (Wildman–Crippen LogP) is 0.645. The van der Waals surface area contributed by atoms with Gasteiger partial charge in [0.05, 0.1) is 6.04 Å². The van der Waals surface area contributed by atoms with Crippen LogP contribution >= 0.6 is 0 Å². The molecule has 1 unspecified atom stereocenters. The van der Waals surface area contributed by atoms with Gasteiger partial charge in [-0.1, -0.05) is 17.3 Å². The van der Waals surface area contributed by atoms with Gasteiger partial charge in [-0.15, -0.1) is 0 Å². The van der Waals surface area contributed by atoms with Gasteiger partial charge in [0.25, 0.3) is 0 Å². The van der Waals surface area contributed by atoms with E-state index in [-0.39, 0.29) is 11.9 Å². The lowest BCUT2D eigenvalue weighted by molar-refractivity contribution is 0.116. The molecule has 6 nitrogen and oxygen atoms in total. The first-order valence-corrected chi connectivity index (χ1v) is 6.82. The van der Waals surface area contributed by atoms with Gasteiger partial charge in [-0.25, -0.2) is 0 Å². The van der Waals surface area contributed by atoms with Crippen molar-refractivity contribution in [2.45, 2.75) is 19.5 Å². The number of hydrogen-bond acceptors (Lipinski definition) is 5. The van der Waals surface area contributed by atoms with Crippen LogP contribution in [0, 0.1) is 0 Å². The molecule has 0 spiro atoms. The lowest BCUT2D eigenvalue weighted by Crippen LogP contribution is -2.52. The third kappa shape index (κ3) is 3.61. The first-order valence-electron chi connectivity index (χ1n) is 6.82. The highest BCUT2D eigenvalue weighted by Gasteiger charge is 2.23. The van der Waals surface area contributed by atoms with Crippen LogP contribution in [-0.2, 0) is 6.54 Å². The van der Waals surface area contributed by atoms with E-state index in [0.29, 0.717) is 5.75 Å². The second-order valence-corrected chi connectivity index (χ2v) is 5.18. The molecule has 0 radical (unpaired) electrons. The summed E-state index contributed by atoms with van der Waals surface area (Å²) in [5.41, 5.74) is 6.84. The van der Waals surface area contributed by atoms with Gasteiger partial charge < -0.3 is 16.0 Å². The number of rotatable bonds is 4. The number of benzene rings is 1. The van der Waals surface area contributed by atoms with Crippen molar-refractivity contribution in [2.24, 2.45) is 10.9 Å². The highest BCUT2D eigenvalue weighted by Crippen LogP contribution is 2.14. The molecule has 1 aliphatic heterocycles. The molecule has 20 heavy (non-hydrogen) atoms. The summed E-state index contributed by atoms with van der Waals surface area (Å²) in [7, 11) is 0. The van der Waals surface area contributed by atoms with Gasteiger partial charge in [-0.05, 0) is 24.6 Å². The van der Waals surface area contributed by atoms with E-state index in [2.05, 4.69) is 15.0 Å². The van der Waals surface area contributed by atoms with Crippen molar-refractivity contribution in [1.82, 2.24) is 9.80 Å². The molecule has 1 atom stereocenters. The molecule has 0 aliphatic carbocycles. The molecule has 1 saturated heterocycles. The standard InChI is InChI=1S/C14H22N4O2/c1-11(14(15)16-20)18-8-6-17(7-9-18)10-12-2-4-13(19)5-3-12/h2-5,11,19-20H,6-10H2,1H3,(H2,15,16). The van der Waals surface area contributed by atoms with Gasteiger partial charge in [0, 0.05) is 32.7 Å². The van der Waals surface area contributed by atoms with Crippen LogP contribution in [0.2, 0.25) is 0 Å². The molecule has 1 aromatic carbocycles. The molecule has 1 aliphatic rings. The van der Waals surface area contributed by atoms with Gasteiger partial charge >= 0.3 is 0 Å². The number of nitrogens with zero attached hydrogens (tertiary/aromatic N) is 3. The van der Waals surface area contributed by atoms with Crippen molar-refractivity contribution in [1.29, 1.82) is 0 Å². The van der Waals surface area contributed by atoms with Gasteiger partial charge in [0.1, 0.15) is 5.75 Å². The van der Waals surface area contributed by atoms with E-state index in [4.69, 9.17) is 10.9 Å². The summed E-state index contributed by atoms with van der Waals surface area (Å²) in [6.07, 6.45) is 0. The highest BCUT2D eigenvalue weighted by atomic mass is 16.4. The van der Waals surface area contributed by atoms with Crippen LogP contribution in [0.4, 0.5) is 0 Å². The number of piperazine rings is 1. The molecule has 2 rings (SSSR count). The number of hydrogen-bond donors (Lipinski definition) is 3. The third-order valence-corrected chi connectivity index (χ3v) is 3.84. The number of nitrogens with two attached hydrogens (primary N) is 1. The molecule has 4 N–H and O–H groups in total. The first kappa shape index (κ1) is 14.6. The molecule has 0 bridgehead atoms. The molecule has 0 saturated carbocycles. The average Bonchev–Trinajstić information content (AvgIpc) is 2.49. The summed E-state index contributed by atoms with van der Waals surface area (Å²) in [5.74, 6) is 0.558. The maximum absolute atomic E-state index is 9.27. The van der Waals surface area contributed by atoms with Crippen LogP contribution in [-0.4, -0.2) is 58.2 Å². The normalized spacial score (nSPS) is 19.9. The average molecular weight is 278 g/mol. The second kappa shape index (κ2) is 6.58. The van der Waals surface area contributed by atoms with Crippen molar-refractivity contribution in [2.75, 3.05) is 26.2 Å². The third-order valence-electron chi connectivity index (χ3n) is 3.84. The minimum atomic E-state index is -0.0316. The lowest BCUT2D eigenvalue weighted by Gasteiger charge is -2.37. The minimum Gasteiger partial charge on any atom is -0.508 e. The zero-order valence-electron chi connectivity index (χ0n) is 11.7. The van der Waals surface area contributed by atoms with Gasteiger partial charge in [-0.2, -0.15) is 0 Å². The Kier molecular flexibility index (Phi) is 4.81. The van der Waals surface area contributed by atoms with E-state index in [1.807, 2.05) is 19.1 Å². The molecular formula is C14H22N4O2. The van der Waals surface area contributed by atoms with E-state index in [1.54, 1.807) is 12.1 Å². The second-order valence-electron chi connectivity index (χ2n) is 5.18. The Morgan fingerprint density at radius 1 is 1.25 bits per heavy atom. The fourth-order valence-electron chi connectivity index (χ4n) is 2.44. The van der Waals surface area contributed by atoms with E-state index in [0.717, 1.165) is 32.7 Å². The van der Waals surface area contributed by atoms with Crippen molar-refractivity contribution in [3.63, 3.8) is 0 Å².